The van der Waals surface area contributed by atoms with Crippen molar-refractivity contribution < 1.29 is 36.4 Å². The van der Waals surface area contributed by atoms with Crippen LogP contribution in [0.4, 0.5) is 0 Å². The number of fused-ring (bicyclic) bond motifs is 4. The van der Waals surface area contributed by atoms with E-state index in [1.165, 1.54) is 6.20 Å². The Bertz CT molecular complexity index is 2180. The molecule has 0 unspecified atom stereocenters. The van der Waals surface area contributed by atoms with Crippen LogP contribution in [0.1, 0.15) is 38.8 Å². The summed E-state index contributed by atoms with van der Waals surface area (Å²) in [5.41, 5.74) is 6.32. The van der Waals surface area contributed by atoms with Crippen LogP contribution in [0, 0.1) is 24.4 Å². The van der Waals surface area contributed by atoms with Crippen molar-refractivity contribution in [3.05, 3.63) is 139 Å². The molecule has 0 saturated heterocycles. The molecule has 6 aromatic rings. The van der Waals surface area contributed by atoms with Crippen LogP contribution in [0.3, 0.4) is 0 Å². The minimum Gasteiger partial charge on any atom is -0.503 e. The molecule has 0 saturated carbocycles. The zero-order valence-electron chi connectivity index (χ0n) is 30.6. The average molecular weight is 782 g/mol. The Morgan fingerprint density at radius 3 is 2.22 bits per heavy atom. The number of hydrogen-bond acceptors (Lipinski definition) is 4. The van der Waals surface area contributed by atoms with Crippen molar-refractivity contribution in [3.63, 3.8) is 0 Å². The fourth-order valence-corrected chi connectivity index (χ4v) is 5.70. The van der Waals surface area contributed by atoms with Crippen LogP contribution < -0.4 is 25.9 Å². The number of aryl methyl sites for hydroxylation is 1. The van der Waals surface area contributed by atoms with Gasteiger partial charge in [-0.05, 0) is 64.7 Å². The number of para-hydroxylation sites is 2. The van der Waals surface area contributed by atoms with E-state index in [-0.39, 0.29) is 32.4 Å². The predicted molar refractivity (Wildman–Crippen MR) is 183 cm³/mol. The second-order valence-electron chi connectivity index (χ2n) is 12.0. The number of benzene rings is 4. The Morgan fingerprint density at radius 2 is 1.54 bits per heavy atom. The molecule has 4 aromatic carbocycles. The first-order valence-corrected chi connectivity index (χ1v) is 14.9. The molecule has 2 aliphatic rings. The normalized spacial score (nSPS) is 14.3. The van der Waals surface area contributed by atoms with Crippen molar-refractivity contribution in [2.45, 2.75) is 34.0 Å². The molecule has 1 radical (unpaired) electrons. The maximum Gasteiger partial charge on any atom is 0.239 e. The van der Waals surface area contributed by atoms with Gasteiger partial charge in [0.15, 0.2) is 0 Å². The smallest absolute Gasteiger partial charge is 0.239 e. The molecule has 0 N–H and O–H groups in total. The Kier molecular flexibility index (Phi) is 7.30. The summed E-state index contributed by atoms with van der Waals surface area (Å²) >= 11 is 0. The van der Waals surface area contributed by atoms with E-state index < -0.39 is 18.6 Å². The van der Waals surface area contributed by atoms with Crippen LogP contribution in [-0.2, 0) is 26.5 Å². The summed E-state index contributed by atoms with van der Waals surface area (Å²) < 4.78 is 51.9. The molecule has 8 rings (SSSR count). The van der Waals surface area contributed by atoms with Crippen LogP contribution in [0.5, 0.6) is 23.0 Å². The maximum absolute atomic E-state index is 8.73. The Balaban J connectivity index is 0.000000222. The Hall–Kier alpha value is -4.51. The van der Waals surface area contributed by atoms with E-state index in [9.17, 15) is 0 Å². The molecule has 4 nitrogen and oxygen atoms in total. The summed E-state index contributed by atoms with van der Waals surface area (Å²) in [6, 6.07) is 38.7. The molecule has 4 heterocycles. The molecule has 0 amide bonds. The second kappa shape index (κ2) is 13.1. The fraction of sp³-hybridized carbons (Fsp3) is 0.150. The Morgan fingerprint density at radius 1 is 0.804 bits per heavy atom. The van der Waals surface area contributed by atoms with Gasteiger partial charge in [0.1, 0.15) is 11.5 Å². The first kappa shape index (κ1) is 25.7. The van der Waals surface area contributed by atoms with Gasteiger partial charge >= 0.3 is 0 Å². The molecule has 6 heteroatoms. The number of hydrogen-bond donors (Lipinski definition) is 0. The molecule has 0 spiro atoms. The number of nitrogens with zero attached hydrogens (tertiary/aromatic N) is 2. The van der Waals surface area contributed by atoms with Gasteiger partial charge in [0.2, 0.25) is 6.71 Å². The average Bonchev–Trinajstić information content (AvgIpc) is 3.11. The molecule has 46 heavy (non-hydrogen) atoms. The van der Waals surface area contributed by atoms with Crippen molar-refractivity contribution in [1.82, 2.24) is 9.97 Å². The fourth-order valence-electron chi connectivity index (χ4n) is 5.70. The predicted octanol–water partition coefficient (Wildman–Crippen LogP) is 7.72. The molecule has 0 fully saturated rings. The van der Waals surface area contributed by atoms with Gasteiger partial charge in [-0.2, -0.15) is 0 Å². The van der Waals surface area contributed by atoms with E-state index in [4.69, 9.17) is 16.3 Å². The minimum absolute atomic E-state index is 0. The monoisotopic (exact) mass is 782 g/mol. The summed E-state index contributed by atoms with van der Waals surface area (Å²) in [6.45, 7) is 3.59. The van der Waals surface area contributed by atoms with Crippen LogP contribution in [0.25, 0.3) is 22.5 Å². The standard InChI is InChI=1S/C28H23BNO2.C12H10N.Ir/c1-28(2,3)17-18-14-15-30-22(16-18)19-12-13-25-26-27(19)32-24-11-7-5-9-21(24)29(26)20-8-4-6-10-23(20)31-25;1-10-7-8-12(13-9-10)11-5-3-2-4-6-11;/h4-11,13-16H,17H2,1-3H3;2-5,7-9H,1H3;/q2*-1;/i17D2;1D3;. The van der Waals surface area contributed by atoms with Gasteiger partial charge in [0.25, 0.3) is 0 Å². The van der Waals surface area contributed by atoms with Gasteiger partial charge in [0.05, 0.1) is 0 Å². The molecule has 0 bridgehead atoms. The van der Waals surface area contributed by atoms with Crippen LogP contribution in [-0.4, -0.2) is 16.7 Å². The first-order chi connectivity index (χ1) is 23.8. The van der Waals surface area contributed by atoms with Gasteiger partial charge in [0, 0.05) is 50.9 Å². The second-order valence-corrected chi connectivity index (χ2v) is 12.0. The van der Waals surface area contributed by atoms with Gasteiger partial charge < -0.3 is 19.4 Å². The van der Waals surface area contributed by atoms with Crippen LogP contribution in [0.15, 0.2) is 116 Å². The number of rotatable bonds is 3. The summed E-state index contributed by atoms with van der Waals surface area (Å²) in [4.78, 5) is 8.72. The van der Waals surface area contributed by atoms with Crippen molar-refractivity contribution in [2.75, 3.05) is 0 Å². The third kappa shape index (κ3) is 6.42. The molecule has 2 aromatic heterocycles. The van der Waals surface area contributed by atoms with Crippen molar-refractivity contribution >= 4 is 23.1 Å². The largest absolute Gasteiger partial charge is 0.503 e. The summed E-state index contributed by atoms with van der Waals surface area (Å²) in [5, 5.41) is 0. The van der Waals surface area contributed by atoms with E-state index in [1.807, 2.05) is 87.5 Å². The van der Waals surface area contributed by atoms with Crippen molar-refractivity contribution in [1.29, 1.82) is 0 Å². The third-order valence-electron chi connectivity index (χ3n) is 7.55. The van der Waals surface area contributed by atoms with E-state index in [0.717, 1.165) is 44.9 Å². The van der Waals surface area contributed by atoms with Crippen molar-refractivity contribution in [3.8, 4) is 45.5 Å². The van der Waals surface area contributed by atoms with E-state index in [0.29, 0.717) is 22.6 Å². The van der Waals surface area contributed by atoms with E-state index >= 15 is 0 Å². The topological polar surface area (TPSA) is 44.2 Å². The molecule has 2 aliphatic heterocycles. The van der Waals surface area contributed by atoms with Gasteiger partial charge in [-0.15, -0.1) is 48.0 Å². The summed E-state index contributed by atoms with van der Waals surface area (Å²) in [5.74, 6) is 3.02. The van der Waals surface area contributed by atoms with E-state index in [2.05, 4.69) is 34.2 Å². The minimum atomic E-state index is -2.09. The zero-order chi connectivity index (χ0) is 35.3. The summed E-state index contributed by atoms with van der Waals surface area (Å²) in [6.07, 6.45) is 1.52. The molecular formula is C40H33BIrN2O2-2. The molecular weight excluding hydrogens is 743 g/mol. The first-order valence-electron chi connectivity index (χ1n) is 17.4. The third-order valence-corrected chi connectivity index (χ3v) is 7.55. The van der Waals surface area contributed by atoms with Gasteiger partial charge in [-0.1, -0.05) is 92.0 Å². The molecule has 0 atom stereocenters. The Labute approximate surface area is 292 Å². The summed E-state index contributed by atoms with van der Waals surface area (Å²) in [7, 11) is 0. The number of pyridine rings is 2. The molecule has 0 aliphatic carbocycles. The van der Waals surface area contributed by atoms with Crippen molar-refractivity contribution in [2.24, 2.45) is 5.41 Å². The van der Waals surface area contributed by atoms with Crippen LogP contribution in [0.2, 0.25) is 0 Å². The zero-order valence-corrected chi connectivity index (χ0v) is 28.0. The number of aromatic nitrogens is 2. The van der Waals surface area contributed by atoms with Gasteiger partial charge in [-0.25, -0.2) is 0 Å². The van der Waals surface area contributed by atoms with Gasteiger partial charge in [-0.3, -0.25) is 0 Å². The number of ether oxygens (including phenoxy) is 2. The SMILES string of the molecule is [2H]C([2H])([2H])c1ccc(-c2[c-]cccc2)nc1.[2H]C([2H])(c1ccnc(-c2[c-]cc3c4c2Oc2ccccc2B4c2ccccc2O3)c1)C(C)(C)C.[Ir]. The molecule has 229 valence electrons. The van der Waals surface area contributed by atoms with E-state index in [1.54, 1.807) is 30.5 Å². The quantitative estimate of drug-likeness (QED) is 0.136. The van der Waals surface area contributed by atoms with Crippen LogP contribution >= 0.6 is 0 Å². The maximum atomic E-state index is 8.73.